The Kier molecular flexibility index (Phi) is 3.21. The van der Waals surface area contributed by atoms with Gasteiger partial charge in [0.25, 0.3) is 0 Å². The predicted octanol–water partition coefficient (Wildman–Crippen LogP) is 3.77. The molecule has 0 bridgehead atoms. The van der Waals surface area contributed by atoms with Crippen LogP contribution >= 0.6 is 0 Å². The van der Waals surface area contributed by atoms with E-state index in [0.717, 1.165) is 10.9 Å². The van der Waals surface area contributed by atoms with Gasteiger partial charge in [-0.05, 0) is 42.5 Å². The van der Waals surface area contributed by atoms with E-state index in [-0.39, 0.29) is 0 Å². The topological polar surface area (TPSA) is 69.7 Å². The minimum atomic E-state index is 0.299. The quantitative estimate of drug-likeness (QED) is 0.711. The third-order valence-corrected chi connectivity index (χ3v) is 3.07. The second-order valence-electron chi connectivity index (χ2n) is 4.36. The Bertz CT molecular complexity index is 899. The van der Waals surface area contributed by atoms with E-state index in [1.165, 1.54) is 0 Å². The van der Waals surface area contributed by atoms with Crippen molar-refractivity contribution in [2.75, 3.05) is 0 Å². The number of pyridine rings is 1. The number of ether oxygens (including phenoxy) is 1. The number of hydrogen-bond acceptors (Lipinski definition) is 4. The van der Waals surface area contributed by atoms with Crippen LogP contribution in [-0.2, 0) is 0 Å². The summed E-state index contributed by atoms with van der Waals surface area (Å²) in [5.74, 6) is 1.18. The first-order valence-corrected chi connectivity index (χ1v) is 6.27. The molecule has 0 radical (unpaired) electrons. The summed E-state index contributed by atoms with van der Waals surface area (Å²) in [6.45, 7) is 0. The van der Waals surface area contributed by atoms with Gasteiger partial charge in [0.1, 0.15) is 23.6 Å². The molecular weight excluding hydrogens is 262 g/mol. The lowest BCUT2D eigenvalue weighted by molar-refractivity contribution is 0.488. The SMILES string of the molecule is N#Cc1ccc(Oc2cccc3ncccc23)cc1C#N. The first-order valence-electron chi connectivity index (χ1n) is 6.27. The summed E-state index contributed by atoms with van der Waals surface area (Å²) in [6, 6.07) is 18.2. The van der Waals surface area contributed by atoms with Crippen molar-refractivity contribution in [1.82, 2.24) is 4.98 Å². The number of rotatable bonds is 2. The Labute approximate surface area is 121 Å². The molecule has 98 valence electrons. The van der Waals surface area contributed by atoms with Gasteiger partial charge >= 0.3 is 0 Å². The van der Waals surface area contributed by atoms with Crippen LogP contribution in [0.5, 0.6) is 11.5 Å². The van der Waals surface area contributed by atoms with Crippen molar-refractivity contribution in [3.05, 3.63) is 65.9 Å². The normalized spacial score (nSPS) is 9.81. The molecule has 0 saturated heterocycles. The van der Waals surface area contributed by atoms with Gasteiger partial charge in [0.2, 0.25) is 0 Å². The van der Waals surface area contributed by atoms with Crippen molar-refractivity contribution in [2.24, 2.45) is 0 Å². The minimum absolute atomic E-state index is 0.299. The Morgan fingerprint density at radius 2 is 1.76 bits per heavy atom. The van der Waals surface area contributed by atoms with E-state index >= 15 is 0 Å². The van der Waals surface area contributed by atoms with Gasteiger partial charge in [-0.1, -0.05) is 6.07 Å². The number of fused-ring (bicyclic) bond motifs is 1. The number of aromatic nitrogens is 1. The molecule has 0 fully saturated rings. The lowest BCUT2D eigenvalue weighted by Crippen LogP contribution is -1.89. The summed E-state index contributed by atoms with van der Waals surface area (Å²) in [6.07, 6.45) is 1.72. The fourth-order valence-corrected chi connectivity index (χ4v) is 2.07. The van der Waals surface area contributed by atoms with E-state index in [9.17, 15) is 0 Å². The average molecular weight is 271 g/mol. The van der Waals surface area contributed by atoms with Gasteiger partial charge in [-0.25, -0.2) is 0 Å². The molecule has 4 heteroatoms. The molecule has 0 saturated carbocycles. The molecule has 0 N–H and O–H groups in total. The lowest BCUT2D eigenvalue weighted by Gasteiger charge is -2.09. The van der Waals surface area contributed by atoms with Gasteiger partial charge in [0.15, 0.2) is 0 Å². The summed E-state index contributed by atoms with van der Waals surface area (Å²) in [4.78, 5) is 4.27. The maximum Gasteiger partial charge on any atom is 0.136 e. The van der Waals surface area contributed by atoms with Crippen LogP contribution in [0.4, 0.5) is 0 Å². The summed E-state index contributed by atoms with van der Waals surface area (Å²) < 4.78 is 5.83. The van der Waals surface area contributed by atoms with Gasteiger partial charge in [-0.3, -0.25) is 4.98 Å². The fourth-order valence-electron chi connectivity index (χ4n) is 2.07. The smallest absolute Gasteiger partial charge is 0.136 e. The summed E-state index contributed by atoms with van der Waals surface area (Å²) in [7, 11) is 0. The maximum absolute atomic E-state index is 9.05. The van der Waals surface area contributed by atoms with Gasteiger partial charge in [0.05, 0.1) is 16.6 Å². The molecule has 21 heavy (non-hydrogen) atoms. The third kappa shape index (κ3) is 2.39. The molecule has 4 nitrogen and oxygen atoms in total. The highest BCUT2D eigenvalue weighted by Crippen LogP contribution is 2.29. The molecule has 0 atom stereocenters. The maximum atomic E-state index is 9.05. The molecular formula is C17H9N3O. The Morgan fingerprint density at radius 3 is 2.57 bits per heavy atom. The minimum Gasteiger partial charge on any atom is -0.457 e. The Morgan fingerprint density at radius 1 is 0.905 bits per heavy atom. The zero-order chi connectivity index (χ0) is 14.7. The predicted molar refractivity (Wildman–Crippen MR) is 77.7 cm³/mol. The highest BCUT2D eigenvalue weighted by Gasteiger charge is 2.07. The summed E-state index contributed by atoms with van der Waals surface area (Å²) in [5.41, 5.74) is 1.47. The lowest BCUT2D eigenvalue weighted by atomic mass is 10.1. The number of nitrogens with zero attached hydrogens (tertiary/aromatic N) is 3. The number of benzene rings is 2. The van der Waals surface area contributed by atoms with Gasteiger partial charge in [-0.2, -0.15) is 10.5 Å². The van der Waals surface area contributed by atoms with Crippen molar-refractivity contribution < 1.29 is 4.74 Å². The molecule has 0 spiro atoms. The van der Waals surface area contributed by atoms with Gasteiger partial charge in [0, 0.05) is 11.6 Å². The molecule has 0 amide bonds. The molecule has 0 aliphatic carbocycles. The Hall–Kier alpha value is -3.37. The van der Waals surface area contributed by atoms with E-state index < -0.39 is 0 Å². The molecule has 3 aromatic rings. The van der Waals surface area contributed by atoms with Crippen molar-refractivity contribution in [1.29, 1.82) is 10.5 Å². The standard InChI is InChI=1S/C17H9N3O/c18-10-12-6-7-14(9-13(12)11-19)21-17-5-1-4-16-15(17)3-2-8-20-16/h1-9H. The molecule has 0 aliphatic rings. The highest BCUT2D eigenvalue weighted by atomic mass is 16.5. The molecule has 0 unspecified atom stereocenters. The molecule has 1 heterocycles. The molecule has 1 aromatic heterocycles. The van der Waals surface area contributed by atoms with Crippen LogP contribution in [0, 0.1) is 22.7 Å². The first-order chi connectivity index (χ1) is 10.3. The largest absolute Gasteiger partial charge is 0.457 e. The monoisotopic (exact) mass is 271 g/mol. The van der Waals surface area contributed by atoms with E-state index in [4.69, 9.17) is 15.3 Å². The zero-order valence-corrected chi connectivity index (χ0v) is 10.9. The van der Waals surface area contributed by atoms with Crippen LogP contribution < -0.4 is 4.74 Å². The molecule has 0 aliphatic heterocycles. The fraction of sp³-hybridized carbons (Fsp3) is 0. The van der Waals surface area contributed by atoms with Crippen LogP contribution in [0.1, 0.15) is 11.1 Å². The van der Waals surface area contributed by atoms with Gasteiger partial charge in [-0.15, -0.1) is 0 Å². The van der Waals surface area contributed by atoms with Crippen molar-refractivity contribution in [3.8, 4) is 23.6 Å². The first kappa shape index (κ1) is 12.7. The van der Waals surface area contributed by atoms with Crippen LogP contribution in [-0.4, -0.2) is 4.98 Å². The second-order valence-corrected chi connectivity index (χ2v) is 4.36. The molecule has 3 rings (SSSR count). The third-order valence-electron chi connectivity index (χ3n) is 3.07. The van der Waals surface area contributed by atoms with Crippen LogP contribution in [0.2, 0.25) is 0 Å². The summed E-state index contributed by atoms with van der Waals surface area (Å²) >= 11 is 0. The van der Waals surface area contributed by atoms with Crippen LogP contribution in [0.25, 0.3) is 10.9 Å². The van der Waals surface area contributed by atoms with Gasteiger partial charge < -0.3 is 4.74 Å². The van der Waals surface area contributed by atoms with Crippen molar-refractivity contribution >= 4 is 10.9 Å². The van der Waals surface area contributed by atoms with E-state index in [1.54, 1.807) is 24.4 Å². The zero-order valence-electron chi connectivity index (χ0n) is 10.9. The van der Waals surface area contributed by atoms with Crippen molar-refractivity contribution in [3.63, 3.8) is 0 Å². The van der Waals surface area contributed by atoms with Crippen molar-refractivity contribution in [2.45, 2.75) is 0 Å². The van der Waals surface area contributed by atoms with E-state index in [0.29, 0.717) is 22.6 Å². The van der Waals surface area contributed by atoms with Crippen LogP contribution in [0.15, 0.2) is 54.7 Å². The molecule has 2 aromatic carbocycles. The van der Waals surface area contributed by atoms with Crippen LogP contribution in [0.3, 0.4) is 0 Å². The van der Waals surface area contributed by atoms with E-state index in [2.05, 4.69) is 4.98 Å². The summed E-state index contributed by atoms with van der Waals surface area (Å²) in [5, 5.41) is 18.9. The Balaban J connectivity index is 2.04. The van der Waals surface area contributed by atoms with E-state index in [1.807, 2.05) is 42.5 Å². The second kappa shape index (κ2) is 5.32. The highest BCUT2D eigenvalue weighted by molar-refractivity contribution is 5.85. The number of hydrogen-bond donors (Lipinski definition) is 0. The number of nitriles is 2. The average Bonchev–Trinajstić information content (AvgIpc) is 2.55.